The zero-order valence-electron chi connectivity index (χ0n) is 15.1. The van der Waals surface area contributed by atoms with Gasteiger partial charge in [-0.1, -0.05) is 12.1 Å². The molecule has 1 aromatic carbocycles. The molecule has 1 aromatic heterocycles. The summed E-state index contributed by atoms with van der Waals surface area (Å²) in [4.78, 5) is 11.8. The summed E-state index contributed by atoms with van der Waals surface area (Å²) in [5, 5.41) is 3.53. The van der Waals surface area contributed by atoms with Gasteiger partial charge in [-0.15, -0.1) is 0 Å². The van der Waals surface area contributed by atoms with Crippen LogP contribution in [0.15, 0.2) is 41.6 Å². The molecule has 0 amide bonds. The maximum absolute atomic E-state index is 11.6. The van der Waals surface area contributed by atoms with Crippen LogP contribution >= 0.6 is 0 Å². The van der Waals surface area contributed by atoms with Crippen molar-refractivity contribution in [3.8, 4) is 11.1 Å². The first-order chi connectivity index (χ1) is 12.4. The van der Waals surface area contributed by atoms with Crippen molar-refractivity contribution in [1.82, 2.24) is 14.9 Å². The number of hydrogen-bond acceptors (Lipinski definition) is 6. The van der Waals surface area contributed by atoms with E-state index >= 15 is 0 Å². The number of nitrogens with zero attached hydrogens (tertiary/aromatic N) is 3. The molecule has 6 nitrogen and oxygen atoms in total. The van der Waals surface area contributed by atoms with Crippen LogP contribution in [0.5, 0.6) is 0 Å². The van der Waals surface area contributed by atoms with Gasteiger partial charge in [0.05, 0.1) is 4.90 Å². The number of piperidine rings is 3. The van der Waals surface area contributed by atoms with E-state index in [1.165, 1.54) is 32.2 Å². The maximum Gasteiger partial charge on any atom is 0.222 e. The van der Waals surface area contributed by atoms with Gasteiger partial charge < -0.3 is 5.32 Å². The summed E-state index contributed by atoms with van der Waals surface area (Å²) < 4.78 is 23.1. The van der Waals surface area contributed by atoms with Gasteiger partial charge in [-0.25, -0.2) is 18.4 Å². The highest BCUT2D eigenvalue weighted by atomic mass is 32.2. The first-order valence-corrected chi connectivity index (χ1v) is 10.9. The quantitative estimate of drug-likeness (QED) is 0.888. The number of hydrogen-bond donors (Lipinski definition) is 1. The predicted molar refractivity (Wildman–Crippen MR) is 102 cm³/mol. The topological polar surface area (TPSA) is 75.2 Å². The molecule has 138 valence electrons. The van der Waals surface area contributed by atoms with Crippen LogP contribution in [0.4, 0.5) is 5.95 Å². The van der Waals surface area contributed by atoms with E-state index in [4.69, 9.17) is 0 Å². The Morgan fingerprint density at radius 2 is 1.65 bits per heavy atom. The number of benzene rings is 1. The predicted octanol–water partition coefficient (Wildman–Crippen LogP) is 2.44. The summed E-state index contributed by atoms with van der Waals surface area (Å²) in [5.74, 6) is 1.36. The molecular weight excluding hydrogens is 348 g/mol. The van der Waals surface area contributed by atoms with Crippen molar-refractivity contribution in [2.24, 2.45) is 5.92 Å². The second kappa shape index (κ2) is 6.63. The standard InChI is InChI=1S/C19H24N4O2S/c1-13-18(15-7-9-23(13)10-8-15)22-19-20-11-16(12-21-19)14-3-5-17(6-4-14)26(2,24)25/h3-6,11-13,15,18H,7-10H2,1-2H3,(H,20,21,22)/t13-,18+/m1/s1. The third-order valence-corrected chi connectivity index (χ3v) is 6.87. The summed E-state index contributed by atoms with van der Waals surface area (Å²) in [7, 11) is -3.18. The van der Waals surface area contributed by atoms with Crippen LogP contribution in [0, 0.1) is 5.92 Å². The third-order valence-electron chi connectivity index (χ3n) is 5.74. The van der Waals surface area contributed by atoms with E-state index in [1.54, 1.807) is 36.7 Å². The van der Waals surface area contributed by atoms with Gasteiger partial charge in [0.1, 0.15) is 0 Å². The molecule has 3 fully saturated rings. The lowest BCUT2D eigenvalue weighted by atomic mass is 9.79. The van der Waals surface area contributed by atoms with Gasteiger partial charge in [-0.05, 0) is 56.5 Å². The largest absolute Gasteiger partial charge is 0.350 e. The minimum Gasteiger partial charge on any atom is -0.350 e. The van der Waals surface area contributed by atoms with Crippen molar-refractivity contribution in [2.45, 2.75) is 36.7 Å². The van der Waals surface area contributed by atoms with Gasteiger partial charge >= 0.3 is 0 Å². The number of sulfone groups is 1. The zero-order chi connectivity index (χ0) is 18.3. The fourth-order valence-corrected chi connectivity index (χ4v) is 4.77. The van der Waals surface area contributed by atoms with Gasteiger partial charge in [0.15, 0.2) is 9.84 Å². The Kier molecular flexibility index (Phi) is 4.44. The molecule has 4 heterocycles. The highest BCUT2D eigenvalue weighted by molar-refractivity contribution is 7.90. The number of rotatable bonds is 4. The van der Waals surface area contributed by atoms with Crippen molar-refractivity contribution in [3.63, 3.8) is 0 Å². The molecule has 5 rings (SSSR count). The Hall–Kier alpha value is -1.99. The minimum absolute atomic E-state index is 0.316. The van der Waals surface area contributed by atoms with Gasteiger partial charge in [-0.3, -0.25) is 4.90 Å². The van der Waals surface area contributed by atoms with Gasteiger partial charge in [0.2, 0.25) is 5.95 Å². The van der Waals surface area contributed by atoms with Crippen LogP contribution in [0.3, 0.4) is 0 Å². The second-order valence-corrected chi connectivity index (χ2v) is 9.39. The minimum atomic E-state index is -3.18. The molecule has 3 aliphatic heterocycles. The SMILES string of the molecule is C[C@@H]1[C@H](Nc2ncc(-c3ccc(S(C)(=O)=O)cc3)cn2)C2CCN1CC2. The third kappa shape index (κ3) is 3.33. The van der Waals surface area contributed by atoms with E-state index in [0.717, 1.165) is 11.1 Å². The average Bonchev–Trinajstić information content (AvgIpc) is 2.65. The molecule has 0 spiro atoms. The van der Waals surface area contributed by atoms with Gasteiger partial charge in [0, 0.05) is 36.3 Å². The van der Waals surface area contributed by atoms with Crippen molar-refractivity contribution < 1.29 is 8.42 Å². The summed E-state index contributed by atoms with van der Waals surface area (Å²) in [5.41, 5.74) is 1.78. The molecule has 2 atom stereocenters. The molecule has 3 saturated heterocycles. The highest BCUT2D eigenvalue weighted by Gasteiger charge is 2.39. The molecule has 3 aliphatic rings. The maximum atomic E-state index is 11.6. The number of nitrogens with one attached hydrogen (secondary N) is 1. The Bertz CT molecular complexity index is 871. The van der Waals surface area contributed by atoms with Crippen LogP contribution in [0.25, 0.3) is 11.1 Å². The lowest BCUT2D eigenvalue weighted by molar-refractivity contribution is 0.0455. The van der Waals surface area contributed by atoms with Crippen LogP contribution in [0.1, 0.15) is 19.8 Å². The van der Waals surface area contributed by atoms with Crippen molar-refractivity contribution >= 4 is 15.8 Å². The summed E-state index contributed by atoms with van der Waals surface area (Å²) in [6.07, 6.45) is 7.27. The van der Waals surface area contributed by atoms with Gasteiger partial charge in [0.25, 0.3) is 0 Å². The van der Waals surface area contributed by atoms with Crippen LogP contribution in [-0.4, -0.2) is 54.7 Å². The molecule has 2 aromatic rings. The van der Waals surface area contributed by atoms with Gasteiger partial charge in [-0.2, -0.15) is 0 Å². The van der Waals surface area contributed by atoms with Crippen molar-refractivity contribution in [2.75, 3.05) is 24.7 Å². The molecule has 2 bridgehead atoms. The second-order valence-electron chi connectivity index (χ2n) is 7.38. The molecule has 0 radical (unpaired) electrons. The Morgan fingerprint density at radius 1 is 1.04 bits per heavy atom. The van der Waals surface area contributed by atoms with Crippen LogP contribution < -0.4 is 5.32 Å². The van der Waals surface area contributed by atoms with E-state index in [1.807, 2.05) is 0 Å². The number of fused-ring (bicyclic) bond motifs is 3. The average molecular weight is 372 g/mol. The molecule has 0 saturated carbocycles. The number of aromatic nitrogens is 2. The zero-order valence-corrected chi connectivity index (χ0v) is 15.9. The summed E-state index contributed by atoms with van der Waals surface area (Å²) in [6.45, 7) is 4.68. The molecule has 0 aliphatic carbocycles. The molecule has 7 heteroatoms. The summed E-state index contributed by atoms with van der Waals surface area (Å²) >= 11 is 0. The van der Waals surface area contributed by atoms with E-state index in [2.05, 4.69) is 27.1 Å². The lowest BCUT2D eigenvalue weighted by Crippen LogP contribution is -2.59. The fraction of sp³-hybridized carbons (Fsp3) is 0.474. The smallest absolute Gasteiger partial charge is 0.222 e. The molecule has 26 heavy (non-hydrogen) atoms. The van der Waals surface area contributed by atoms with E-state index < -0.39 is 9.84 Å². The normalized spacial score (nSPS) is 28.1. The highest BCUT2D eigenvalue weighted by Crippen LogP contribution is 2.33. The van der Waals surface area contributed by atoms with E-state index in [9.17, 15) is 8.42 Å². The number of anilines is 1. The van der Waals surface area contributed by atoms with E-state index in [0.29, 0.717) is 28.8 Å². The van der Waals surface area contributed by atoms with Crippen molar-refractivity contribution in [3.05, 3.63) is 36.7 Å². The van der Waals surface area contributed by atoms with Crippen LogP contribution in [0.2, 0.25) is 0 Å². The Labute approximate surface area is 154 Å². The van der Waals surface area contributed by atoms with Crippen molar-refractivity contribution in [1.29, 1.82) is 0 Å². The Balaban J connectivity index is 1.48. The molecular formula is C19H24N4O2S. The van der Waals surface area contributed by atoms with E-state index in [-0.39, 0.29) is 0 Å². The molecule has 1 N–H and O–H groups in total. The fourth-order valence-electron chi connectivity index (χ4n) is 4.14. The lowest BCUT2D eigenvalue weighted by Gasteiger charge is -2.49. The summed E-state index contributed by atoms with van der Waals surface area (Å²) in [6, 6.07) is 7.72. The molecule has 0 unspecified atom stereocenters. The first-order valence-electron chi connectivity index (χ1n) is 9.05. The monoisotopic (exact) mass is 372 g/mol. The van der Waals surface area contributed by atoms with Crippen LogP contribution in [-0.2, 0) is 9.84 Å². The first kappa shape index (κ1) is 17.4. The Morgan fingerprint density at radius 3 is 2.19 bits per heavy atom.